The summed E-state index contributed by atoms with van der Waals surface area (Å²) in [6.45, 7) is 5.21. The Kier molecular flexibility index (Phi) is 8.88. The monoisotopic (exact) mass is 427 g/mol. The molecular formula is C24H33N3O4. The van der Waals surface area contributed by atoms with E-state index >= 15 is 0 Å². The topological polar surface area (TPSA) is 114 Å². The van der Waals surface area contributed by atoms with Gasteiger partial charge in [-0.15, -0.1) is 0 Å². The lowest BCUT2D eigenvalue weighted by molar-refractivity contribution is -0.127. The second-order valence-corrected chi connectivity index (χ2v) is 8.67. The van der Waals surface area contributed by atoms with Crippen molar-refractivity contribution in [1.29, 1.82) is 0 Å². The van der Waals surface area contributed by atoms with Crippen LogP contribution in [0.3, 0.4) is 0 Å². The van der Waals surface area contributed by atoms with Gasteiger partial charge in [-0.3, -0.25) is 10.2 Å². The Hall–Kier alpha value is -3.06. The van der Waals surface area contributed by atoms with Gasteiger partial charge < -0.3 is 15.6 Å². The highest BCUT2D eigenvalue weighted by atomic mass is 16.6. The minimum Gasteiger partial charge on any atom is -0.443 e. The second kappa shape index (κ2) is 11.4. The van der Waals surface area contributed by atoms with Gasteiger partial charge >= 0.3 is 6.09 Å². The van der Waals surface area contributed by atoms with E-state index in [-0.39, 0.29) is 12.3 Å². The van der Waals surface area contributed by atoms with Gasteiger partial charge in [-0.25, -0.2) is 10.2 Å². The molecule has 2 rings (SSSR count). The van der Waals surface area contributed by atoms with Crippen LogP contribution in [-0.4, -0.2) is 28.8 Å². The van der Waals surface area contributed by atoms with Gasteiger partial charge in [0.25, 0.3) is 0 Å². The van der Waals surface area contributed by atoms with Gasteiger partial charge in [0.2, 0.25) is 5.91 Å². The molecule has 0 radical (unpaired) electrons. The molecule has 168 valence electrons. The van der Waals surface area contributed by atoms with E-state index in [1.807, 2.05) is 42.5 Å². The van der Waals surface area contributed by atoms with E-state index in [9.17, 15) is 14.7 Å². The van der Waals surface area contributed by atoms with Crippen LogP contribution in [0.25, 0.3) is 0 Å². The number of anilines is 1. The quantitative estimate of drug-likeness (QED) is 0.381. The van der Waals surface area contributed by atoms with E-state index in [4.69, 9.17) is 10.5 Å². The molecule has 0 saturated carbocycles. The maximum atomic E-state index is 12.8. The molecule has 2 amide bonds. The minimum atomic E-state index is -0.739. The minimum absolute atomic E-state index is 0.263. The zero-order valence-corrected chi connectivity index (χ0v) is 18.4. The molecule has 0 aliphatic heterocycles. The van der Waals surface area contributed by atoms with Crippen molar-refractivity contribution in [2.45, 2.75) is 58.2 Å². The van der Waals surface area contributed by atoms with E-state index in [0.29, 0.717) is 24.9 Å². The lowest BCUT2D eigenvalue weighted by atomic mass is 9.91. The Balaban J connectivity index is 1.98. The van der Waals surface area contributed by atoms with Crippen molar-refractivity contribution in [2.24, 2.45) is 5.92 Å². The van der Waals surface area contributed by atoms with E-state index < -0.39 is 23.7 Å². The fourth-order valence-electron chi connectivity index (χ4n) is 3.16. The van der Waals surface area contributed by atoms with Crippen LogP contribution in [0.1, 0.15) is 44.7 Å². The molecule has 0 aromatic heterocycles. The van der Waals surface area contributed by atoms with E-state index in [0.717, 1.165) is 11.1 Å². The van der Waals surface area contributed by atoms with Crippen LogP contribution in [0.4, 0.5) is 10.5 Å². The van der Waals surface area contributed by atoms with Gasteiger partial charge in [0.15, 0.2) is 0 Å². The second-order valence-electron chi connectivity index (χ2n) is 8.67. The van der Waals surface area contributed by atoms with Crippen molar-refractivity contribution in [3.8, 4) is 0 Å². The first-order chi connectivity index (χ1) is 14.6. The molecule has 2 aromatic rings. The Morgan fingerprint density at radius 2 is 1.65 bits per heavy atom. The smallest absolute Gasteiger partial charge is 0.426 e. The number of nitrogen functional groups attached to an aromatic ring is 1. The highest BCUT2D eigenvalue weighted by Crippen LogP contribution is 2.19. The third-order valence-electron chi connectivity index (χ3n) is 4.68. The number of carbonyl (C=O) groups excluding carboxylic acids is 2. The Morgan fingerprint density at radius 1 is 1.00 bits per heavy atom. The number of aryl methyl sites for hydroxylation is 1. The van der Waals surface area contributed by atoms with Crippen molar-refractivity contribution in [3.05, 3.63) is 65.7 Å². The first-order valence-corrected chi connectivity index (χ1v) is 10.5. The van der Waals surface area contributed by atoms with Gasteiger partial charge in [0.05, 0.1) is 6.10 Å². The van der Waals surface area contributed by atoms with Crippen LogP contribution in [0.5, 0.6) is 0 Å². The fraction of sp³-hybridized carbons (Fsp3) is 0.417. The zero-order valence-electron chi connectivity index (χ0n) is 18.4. The summed E-state index contributed by atoms with van der Waals surface area (Å²) in [5.74, 6) is -0.925. The molecule has 2 atom stereocenters. The first kappa shape index (κ1) is 24.2. The molecule has 5 N–H and O–H groups in total. The van der Waals surface area contributed by atoms with Gasteiger partial charge in [0, 0.05) is 11.6 Å². The molecule has 2 aromatic carbocycles. The average molecular weight is 428 g/mol. The van der Waals surface area contributed by atoms with Crippen molar-refractivity contribution in [1.82, 2.24) is 10.9 Å². The summed E-state index contributed by atoms with van der Waals surface area (Å²) in [7, 11) is 0. The third-order valence-corrected chi connectivity index (χ3v) is 4.68. The Morgan fingerprint density at radius 3 is 2.26 bits per heavy atom. The van der Waals surface area contributed by atoms with Crippen LogP contribution >= 0.6 is 0 Å². The summed E-state index contributed by atoms with van der Waals surface area (Å²) in [6.07, 6.45) is 0.524. The molecule has 0 aliphatic carbocycles. The normalized spacial score (nSPS) is 13.2. The van der Waals surface area contributed by atoms with Crippen LogP contribution < -0.4 is 16.6 Å². The van der Waals surface area contributed by atoms with Crippen LogP contribution in [0.15, 0.2) is 54.6 Å². The Labute approximate surface area is 184 Å². The molecule has 0 heterocycles. The van der Waals surface area contributed by atoms with Crippen molar-refractivity contribution < 1.29 is 19.4 Å². The lowest BCUT2D eigenvalue weighted by Gasteiger charge is -2.22. The molecule has 0 saturated heterocycles. The standard InChI is InChI=1S/C24H33N3O4/c1-24(2,3)31-23(30)27-26-22(29)19(15-18-9-12-20(25)13-10-18)16-21(28)14-11-17-7-5-4-6-8-17/h4-10,12-13,19,21,28H,11,14-16,25H2,1-3H3,(H,26,29)(H,27,30)/t19-,21+/m1/s1. The van der Waals surface area contributed by atoms with E-state index in [1.165, 1.54) is 0 Å². The molecule has 0 spiro atoms. The van der Waals surface area contributed by atoms with Crippen molar-refractivity contribution in [3.63, 3.8) is 0 Å². The summed E-state index contributed by atoms with van der Waals surface area (Å²) in [5.41, 5.74) is 12.5. The highest BCUT2D eigenvalue weighted by Gasteiger charge is 2.24. The number of aliphatic hydroxyl groups excluding tert-OH is 1. The van der Waals surface area contributed by atoms with Crippen LogP contribution in [-0.2, 0) is 22.4 Å². The number of benzene rings is 2. The molecule has 7 nitrogen and oxygen atoms in total. The van der Waals surface area contributed by atoms with Gasteiger partial charge in [-0.2, -0.15) is 0 Å². The van der Waals surface area contributed by atoms with Crippen LogP contribution in [0, 0.1) is 5.92 Å². The number of aliphatic hydroxyl groups is 1. The number of rotatable bonds is 8. The number of nitrogens with one attached hydrogen (secondary N) is 2. The number of hydrazine groups is 1. The van der Waals surface area contributed by atoms with Crippen molar-refractivity contribution in [2.75, 3.05) is 5.73 Å². The third kappa shape index (κ3) is 9.53. The summed E-state index contributed by atoms with van der Waals surface area (Å²) in [4.78, 5) is 24.6. The molecule has 0 bridgehead atoms. The molecule has 7 heteroatoms. The summed E-state index contributed by atoms with van der Waals surface area (Å²) < 4.78 is 5.14. The first-order valence-electron chi connectivity index (χ1n) is 10.5. The largest absolute Gasteiger partial charge is 0.443 e. The SMILES string of the molecule is CC(C)(C)OC(=O)NNC(=O)[C@H](Cc1ccc(N)cc1)C[C@@H](O)CCc1ccccc1. The fourth-order valence-corrected chi connectivity index (χ4v) is 3.16. The molecule has 0 fully saturated rings. The van der Waals surface area contributed by atoms with Crippen LogP contribution in [0.2, 0.25) is 0 Å². The molecular weight excluding hydrogens is 394 g/mol. The number of hydrogen-bond donors (Lipinski definition) is 4. The number of nitrogens with two attached hydrogens (primary N) is 1. The van der Waals surface area contributed by atoms with Gasteiger partial charge in [-0.05, 0) is 69.7 Å². The summed E-state index contributed by atoms with van der Waals surface area (Å²) in [5, 5.41) is 10.6. The van der Waals surface area contributed by atoms with Gasteiger partial charge in [-0.1, -0.05) is 42.5 Å². The highest BCUT2D eigenvalue weighted by molar-refractivity contribution is 5.81. The average Bonchev–Trinajstić information content (AvgIpc) is 2.71. The lowest BCUT2D eigenvalue weighted by Crippen LogP contribution is -2.47. The van der Waals surface area contributed by atoms with E-state index in [1.54, 1.807) is 32.9 Å². The number of ether oxygens (including phenoxy) is 1. The summed E-state index contributed by atoms with van der Waals surface area (Å²) >= 11 is 0. The summed E-state index contributed by atoms with van der Waals surface area (Å²) in [6, 6.07) is 17.1. The Bertz CT molecular complexity index is 832. The maximum Gasteiger partial charge on any atom is 0.426 e. The number of amides is 2. The van der Waals surface area contributed by atoms with E-state index in [2.05, 4.69) is 10.9 Å². The molecule has 0 unspecified atom stereocenters. The molecule has 31 heavy (non-hydrogen) atoms. The molecule has 0 aliphatic rings. The number of carbonyl (C=O) groups is 2. The predicted molar refractivity (Wildman–Crippen MR) is 121 cm³/mol. The van der Waals surface area contributed by atoms with Gasteiger partial charge in [0.1, 0.15) is 5.60 Å². The van der Waals surface area contributed by atoms with Crippen molar-refractivity contribution >= 4 is 17.7 Å². The maximum absolute atomic E-state index is 12.8. The zero-order chi connectivity index (χ0) is 22.9. The predicted octanol–water partition coefficient (Wildman–Crippen LogP) is 3.37. The number of hydrogen-bond acceptors (Lipinski definition) is 5.